The number of nitrogens with one attached hydrogen (secondary N) is 2. The molecular formula is C9H16F4N2O2S. The molecule has 0 aromatic rings. The van der Waals surface area contributed by atoms with Gasteiger partial charge in [0.2, 0.25) is 10.0 Å². The summed E-state index contributed by atoms with van der Waals surface area (Å²) in [5.74, 6) is -4.71. The van der Waals surface area contributed by atoms with Gasteiger partial charge in [-0.25, -0.2) is 21.9 Å². The second-order valence-electron chi connectivity index (χ2n) is 4.31. The first-order chi connectivity index (χ1) is 8.23. The van der Waals surface area contributed by atoms with Crippen LogP contribution in [-0.4, -0.2) is 45.6 Å². The maximum atomic E-state index is 12.6. The van der Waals surface area contributed by atoms with E-state index in [4.69, 9.17) is 0 Å². The van der Waals surface area contributed by atoms with E-state index in [0.717, 1.165) is 12.8 Å². The van der Waals surface area contributed by atoms with Crippen LogP contribution in [0.5, 0.6) is 0 Å². The van der Waals surface area contributed by atoms with Gasteiger partial charge < -0.3 is 5.32 Å². The van der Waals surface area contributed by atoms with Crippen LogP contribution in [0.4, 0.5) is 17.6 Å². The van der Waals surface area contributed by atoms with Gasteiger partial charge in [0.1, 0.15) is 0 Å². The molecule has 4 nitrogen and oxygen atoms in total. The molecule has 0 bridgehead atoms. The largest absolute Gasteiger partial charge is 0.320 e. The SMILES string of the molecule is O=S(=O)(CC1CCCCN1)NCC(F)(F)C(F)F. The molecule has 1 atom stereocenters. The third-order valence-electron chi connectivity index (χ3n) is 2.68. The second-order valence-corrected chi connectivity index (χ2v) is 6.16. The van der Waals surface area contributed by atoms with Crippen molar-refractivity contribution in [2.45, 2.75) is 37.7 Å². The van der Waals surface area contributed by atoms with Crippen LogP contribution < -0.4 is 10.0 Å². The highest BCUT2D eigenvalue weighted by molar-refractivity contribution is 7.89. The smallest absolute Gasteiger partial charge is 0.313 e. The molecule has 0 aromatic carbocycles. The summed E-state index contributed by atoms with van der Waals surface area (Å²) in [5.41, 5.74) is 0. The van der Waals surface area contributed by atoms with Gasteiger partial charge in [0.05, 0.1) is 12.3 Å². The third-order valence-corrected chi connectivity index (χ3v) is 4.11. The Morgan fingerprint density at radius 3 is 2.50 bits per heavy atom. The summed E-state index contributed by atoms with van der Waals surface area (Å²) in [6.45, 7) is -0.896. The Hall–Kier alpha value is -0.410. The van der Waals surface area contributed by atoms with Gasteiger partial charge in [0, 0.05) is 6.04 Å². The van der Waals surface area contributed by atoms with Crippen molar-refractivity contribution in [2.75, 3.05) is 18.8 Å². The molecule has 1 rings (SSSR count). The Morgan fingerprint density at radius 1 is 1.33 bits per heavy atom. The first-order valence-electron chi connectivity index (χ1n) is 5.60. The summed E-state index contributed by atoms with van der Waals surface area (Å²) in [6.07, 6.45) is -1.45. The number of halogens is 4. The van der Waals surface area contributed by atoms with Crippen LogP contribution in [0.1, 0.15) is 19.3 Å². The third kappa shape index (κ3) is 5.07. The zero-order valence-electron chi connectivity index (χ0n) is 9.63. The molecule has 1 fully saturated rings. The summed E-state index contributed by atoms with van der Waals surface area (Å²) in [6, 6.07) is -0.309. The molecule has 0 amide bonds. The zero-order valence-corrected chi connectivity index (χ0v) is 10.5. The van der Waals surface area contributed by atoms with Crippen molar-refractivity contribution >= 4 is 10.0 Å². The minimum Gasteiger partial charge on any atom is -0.313 e. The lowest BCUT2D eigenvalue weighted by molar-refractivity contribution is -0.122. The van der Waals surface area contributed by atoms with Gasteiger partial charge in [0.25, 0.3) is 0 Å². The number of hydrogen-bond donors (Lipinski definition) is 2. The average molecular weight is 292 g/mol. The lowest BCUT2D eigenvalue weighted by Gasteiger charge is -2.23. The van der Waals surface area contributed by atoms with Crippen molar-refractivity contribution < 1.29 is 26.0 Å². The Morgan fingerprint density at radius 2 is 2.00 bits per heavy atom. The van der Waals surface area contributed by atoms with Crippen molar-refractivity contribution in [3.8, 4) is 0 Å². The van der Waals surface area contributed by atoms with Gasteiger partial charge in [-0.05, 0) is 19.4 Å². The summed E-state index contributed by atoms with van der Waals surface area (Å²) in [4.78, 5) is 0. The summed E-state index contributed by atoms with van der Waals surface area (Å²) in [5, 5.41) is 2.94. The van der Waals surface area contributed by atoms with Crippen molar-refractivity contribution in [1.82, 2.24) is 10.0 Å². The lowest BCUT2D eigenvalue weighted by atomic mass is 10.1. The van der Waals surface area contributed by atoms with Crippen molar-refractivity contribution in [3.63, 3.8) is 0 Å². The molecule has 108 valence electrons. The summed E-state index contributed by atoms with van der Waals surface area (Å²) < 4.78 is 73.2. The van der Waals surface area contributed by atoms with E-state index in [1.54, 1.807) is 0 Å². The number of piperidine rings is 1. The Labute approximate surface area is 103 Å². The Bertz CT molecular complexity index is 356. The van der Waals surface area contributed by atoms with E-state index >= 15 is 0 Å². The van der Waals surface area contributed by atoms with Crippen molar-refractivity contribution in [1.29, 1.82) is 0 Å². The molecule has 0 saturated carbocycles. The van der Waals surface area contributed by atoms with E-state index in [2.05, 4.69) is 5.32 Å². The molecule has 1 saturated heterocycles. The van der Waals surface area contributed by atoms with Crippen LogP contribution in [0.2, 0.25) is 0 Å². The van der Waals surface area contributed by atoms with Gasteiger partial charge in [-0.3, -0.25) is 0 Å². The molecule has 1 aliphatic heterocycles. The fourth-order valence-electron chi connectivity index (χ4n) is 1.67. The van der Waals surface area contributed by atoms with Crippen molar-refractivity contribution in [2.24, 2.45) is 0 Å². The summed E-state index contributed by atoms with van der Waals surface area (Å²) >= 11 is 0. The lowest BCUT2D eigenvalue weighted by Crippen LogP contribution is -2.46. The maximum absolute atomic E-state index is 12.6. The molecule has 0 aliphatic carbocycles. The second kappa shape index (κ2) is 6.16. The molecule has 0 aromatic heterocycles. The molecule has 1 aliphatic rings. The fourth-order valence-corrected chi connectivity index (χ4v) is 3.02. The van der Waals surface area contributed by atoms with Crippen LogP contribution in [0.15, 0.2) is 0 Å². The number of rotatable bonds is 6. The van der Waals surface area contributed by atoms with Crippen LogP contribution in [0.25, 0.3) is 0 Å². The predicted molar refractivity (Wildman–Crippen MR) is 58.4 cm³/mol. The molecule has 1 heterocycles. The van der Waals surface area contributed by atoms with E-state index < -0.39 is 28.9 Å². The molecule has 0 radical (unpaired) electrons. The highest BCUT2D eigenvalue weighted by Gasteiger charge is 2.41. The van der Waals surface area contributed by atoms with Crippen LogP contribution in [0, 0.1) is 0 Å². The minimum atomic E-state index is -4.34. The molecular weight excluding hydrogens is 276 g/mol. The first kappa shape index (κ1) is 15.6. The summed E-state index contributed by atoms with van der Waals surface area (Å²) in [7, 11) is -3.97. The predicted octanol–water partition coefficient (Wildman–Crippen LogP) is 0.948. The first-order valence-corrected chi connectivity index (χ1v) is 7.25. The van der Waals surface area contributed by atoms with E-state index in [9.17, 15) is 26.0 Å². The standard InChI is InChI=1S/C9H16F4N2O2S/c10-8(11)9(12,13)6-15-18(16,17)5-7-3-1-2-4-14-7/h7-8,14-15H,1-6H2. The van der Waals surface area contributed by atoms with Gasteiger partial charge in [-0.15, -0.1) is 0 Å². The van der Waals surface area contributed by atoms with Gasteiger partial charge in [0.15, 0.2) is 0 Å². The Kier molecular flexibility index (Phi) is 5.35. The quantitative estimate of drug-likeness (QED) is 0.717. The zero-order chi connectivity index (χ0) is 13.8. The van der Waals surface area contributed by atoms with Crippen molar-refractivity contribution in [3.05, 3.63) is 0 Å². The number of sulfonamides is 1. The Balaban J connectivity index is 2.44. The topological polar surface area (TPSA) is 58.2 Å². The average Bonchev–Trinajstić information content (AvgIpc) is 2.27. The van der Waals surface area contributed by atoms with Gasteiger partial charge >= 0.3 is 12.3 Å². The van der Waals surface area contributed by atoms with E-state index in [1.807, 2.05) is 0 Å². The van der Waals surface area contributed by atoms with E-state index in [-0.39, 0.29) is 11.8 Å². The normalized spacial score (nSPS) is 22.4. The molecule has 2 N–H and O–H groups in total. The van der Waals surface area contributed by atoms with Gasteiger partial charge in [-0.1, -0.05) is 6.42 Å². The number of hydrogen-bond acceptors (Lipinski definition) is 3. The fraction of sp³-hybridized carbons (Fsp3) is 1.00. The molecule has 18 heavy (non-hydrogen) atoms. The highest BCUT2D eigenvalue weighted by Crippen LogP contribution is 2.21. The van der Waals surface area contributed by atoms with Crippen LogP contribution in [-0.2, 0) is 10.0 Å². The minimum absolute atomic E-state index is 0.309. The monoisotopic (exact) mass is 292 g/mol. The molecule has 0 spiro atoms. The van der Waals surface area contributed by atoms with E-state index in [1.165, 1.54) is 4.72 Å². The highest BCUT2D eigenvalue weighted by atomic mass is 32.2. The van der Waals surface area contributed by atoms with Gasteiger partial charge in [-0.2, -0.15) is 8.78 Å². The van der Waals surface area contributed by atoms with E-state index in [0.29, 0.717) is 13.0 Å². The molecule has 1 unspecified atom stereocenters. The number of alkyl halides is 4. The van der Waals surface area contributed by atoms with Crippen LogP contribution >= 0.6 is 0 Å². The maximum Gasteiger partial charge on any atom is 0.320 e. The molecule has 9 heteroatoms. The van der Waals surface area contributed by atoms with Crippen LogP contribution in [0.3, 0.4) is 0 Å².